The third-order valence-corrected chi connectivity index (χ3v) is 7.28. The van der Waals surface area contributed by atoms with Gasteiger partial charge >= 0.3 is 0 Å². The number of piperazine rings is 1. The van der Waals surface area contributed by atoms with E-state index in [-0.39, 0.29) is 0 Å². The predicted octanol–water partition coefficient (Wildman–Crippen LogP) is 4.12. The first-order chi connectivity index (χ1) is 15.7. The van der Waals surface area contributed by atoms with Crippen molar-refractivity contribution >= 4 is 51.4 Å². The van der Waals surface area contributed by atoms with E-state index in [2.05, 4.69) is 31.3 Å². The molecule has 1 N–H and O–H groups in total. The summed E-state index contributed by atoms with van der Waals surface area (Å²) in [4.78, 5) is 14.1. The highest BCUT2D eigenvalue weighted by Crippen LogP contribution is 2.39. The minimum Gasteiger partial charge on any atom is -0.380 e. The van der Waals surface area contributed by atoms with Crippen LogP contribution in [0.4, 0.5) is 17.3 Å². The molecule has 32 heavy (non-hydrogen) atoms. The molecule has 168 valence electrons. The number of hydrogen-bond acceptors (Lipinski definition) is 7. The van der Waals surface area contributed by atoms with Crippen molar-refractivity contribution in [2.24, 2.45) is 0 Å². The summed E-state index contributed by atoms with van der Waals surface area (Å²) in [6, 6.07) is 4.99. The van der Waals surface area contributed by atoms with Gasteiger partial charge in [-0.15, -0.1) is 0 Å². The number of rotatable bonds is 5. The fourth-order valence-electron chi connectivity index (χ4n) is 4.61. The molecule has 1 aliphatic carbocycles. The van der Waals surface area contributed by atoms with Crippen LogP contribution in [0.15, 0.2) is 24.5 Å². The van der Waals surface area contributed by atoms with Crippen LogP contribution in [-0.4, -0.2) is 70.1 Å². The average Bonchev–Trinajstić information content (AvgIpc) is 3.37. The van der Waals surface area contributed by atoms with Crippen LogP contribution in [0.3, 0.4) is 0 Å². The van der Waals surface area contributed by atoms with E-state index in [1.54, 1.807) is 12.4 Å². The van der Waals surface area contributed by atoms with E-state index in [9.17, 15) is 0 Å². The number of nitrogens with one attached hydrogen (secondary N) is 1. The predicted molar refractivity (Wildman–Crippen MR) is 126 cm³/mol. The van der Waals surface area contributed by atoms with Gasteiger partial charge in [0, 0.05) is 50.4 Å². The van der Waals surface area contributed by atoms with Gasteiger partial charge in [-0.25, -0.2) is 14.6 Å². The Morgan fingerprint density at radius 2 is 1.84 bits per heavy atom. The summed E-state index contributed by atoms with van der Waals surface area (Å²) in [5.41, 5.74) is 2.59. The number of ether oxygens (including phenoxy) is 1. The number of hydrogen-bond donors (Lipinski definition) is 1. The summed E-state index contributed by atoms with van der Waals surface area (Å²) in [5.74, 6) is 0.495. The molecule has 2 saturated heterocycles. The summed E-state index contributed by atoms with van der Waals surface area (Å²) in [6.07, 6.45) is 6.90. The van der Waals surface area contributed by atoms with Gasteiger partial charge in [-0.2, -0.15) is 5.10 Å². The fraction of sp³-hybridized carbons (Fsp3) is 0.500. The lowest BCUT2D eigenvalue weighted by Crippen LogP contribution is -2.50. The van der Waals surface area contributed by atoms with Crippen molar-refractivity contribution in [3.63, 3.8) is 0 Å². The maximum absolute atomic E-state index is 6.65. The number of fused-ring (bicyclic) bond motifs is 1. The standard InChI is InChI=1S/C22H25Cl2N7O/c23-17-9-14-11-25-22(28-19-12-26-31(21(19)24)15-1-2-15)27-18(14)10-20(17)30-6-4-29(5-7-30)16-3-8-32-13-16/h9-12,15-16H,1-8,13H2,(H,25,27,28). The van der Waals surface area contributed by atoms with E-state index in [1.165, 1.54) is 0 Å². The third kappa shape index (κ3) is 3.90. The van der Waals surface area contributed by atoms with E-state index in [4.69, 9.17) is 32.9 Å². The van der Waals surface area contributed by atoms with Gasteiger partial charge in [0.05, 0.1) is 40.8 Å². The fourth-order valence-corrected chi connectivity index (χ4v) is 5.18. The van der Waals surface area contributed by atoms with Crippen LogP contribution < -0.4 is 10.2 Å². The van der Waals surface area contributed by atoms with Gasteiger partial charge in [-0.1, -0.05) is 23.2 Å². The number of benzene rings is 1. The molecule has 1 saturated carbocycles. The smallest absolute Gasteiger partial charge is 0.227 e. The monoisotopic (exact) mass is 473 g/mol. The number of aromatic nitrogens is 4. The van der Waals surface area contributed by atoms with E-state index in [0.717, 1.165) is 86.0 Å². The topological polar surface area (TPSA) is 71.3 Å². The number of nitrogens with zero attached hydrogens (tertiary/aromatic N) is 6. The van der Waals surface area contributed by atoms with Crippen LogP contribution in [0.1, 0.15) is 25.3 Å². The molecular weight excluding hydrogens is 449 g/mol. The van der Waals surface area contributed by atoms with Gasteiger partial charge in [0.25, 0.3) is 0 Å². The normalized spacial score (nSPS) is 22.1. The SMILES string of the molecule is Clc1cc2cnc(Nc3cnn(C4CC4)c3Cl)nc2cc1N1CCN(C2CCOC2)CC1. The van der Waals surface area contributed by atoms with E-state index in [1.807, 2.05) is 10.7 Å². The first-order valence-corrected chi connectivity index (χ1v) is 11.9. The first-order valence-electron chi connectivity index (χ1n) is 11.2. The minimum atomic E-state index is 0.418. The molecule has 0 bridgehead atoms. The van der Waals surface area contributed by atoms with Crippen molar-refractivity contribution in [2.45, 2.75) is 31.3 Å². The molecule has 4 heterocycles. The molecule has 6 rings (SSSR count). The Balaban J connectivity index is 1.21. The second-order valence-electron chi connectivity index (χ2n) is 8.75. The van der Waals surface area contributed by atoms with E-state index >= 15 is 0 Å². The molecule has 2 aliphatic heterocycles. The molecule has 3 aromatic rings. The van der Waals surface area contributed by atoms with Gasteiger partial charge in [0.15, 0.2) is 5.15 Å². The molecule has 0 spiro atoms. The molecular formula is C22H25Cl2N7O. The molecule has 8 nitrogen and oxygen atoms in total. The zero-order valence-electron chi connectivity index (χ0n) is 17.7. The average molecular weight is 474 g/mol. The Bertz CT molecular complexity index is 1130. The van der Waals surface area contributed by atoms with Crippen LogP contribution in [0.25, 0.3) is 10.9 Å². The molecule has 1 atom stereocenters. The summed E-state index contributed by atoms with van der Waals surface area (Å²) in [7, 11) is 0. The first kappa shape index (κ1) is 20.5. The van der Waals surface area contributed by atoms with Crippen LogP contribution in [-0.2, 0) is 4.74 Å². The summed E-state index contributed by atoms with van der Waals surface area (Å²) < 4.78 is 7.42. The molecule has 3 aliphatic rings. The van der Waals surface area contributed by atoms with E-state index in [0.29, 0.717) is 23.2 Å². The van der Waals surface area contributed by atoms with Crippen molar-refractivity contribution in [3.05, 3.63) is 34.7 Å². The van der Waals surface area contributed by atoms with Gasteiger partial charge in [-0.05, 0) is 31.4 Å². The summed E-state index contributed by atoms with van der Waals surface area (Å²) in [5, 5.41) is 9.84. The highest BCUT2D eigenvalue weighted by Gasteiger charge is 2.28. The Morgan fingerprint density at radius 3 is 2.59 bits per heavy atom. The highest BCUT2D eigenvalue weighted by atomic mass is 35.5. The quantitative estimate of drug-likeness (QED) is 0.597. The number of halogens is 2. The molecule has 2 aromatic heterocycles. The third-order valence-electron chi connectivity index (χ3n) is 6.60. The van der Waals surface area contributed by atoms with Crippen molar-refractivity contribution in [2.75, 3.05) is 49.6 Å². The zero-order valence-corrected chi connectivity index (χ0v) is 19.2. The molecule has 3 fully saturated rings. The second kappa shape index (κ2) is 8.33. The van der Waals surface area contributed by atoms with Crippen LogP contribution >= 0.6 is 23.2 Å². The molecule has 1 unspecified atom stereocenters. The Morgan fingerprint density at radius 1 is 1.00 bits per heavy atom. The Kier molecular flexibility index (Phi) is 5.33. The maximum Gasteiger partial charge on any atom is 0.227 e. The van der Waals surface area contributed by atoms with Crippen molar-refractivity contribution in [3.8, 4) is 0 Å². The summed E-state index contributed by atoms with van der Waals surface area (Å²) in [6.45, 7) is 5.64. The Hall–Kier alpha value is -2.13. The number of anilines is 3. The lowest BCUT2D eigenvalue weighted by atomic mass is 10.1. The van der Waals surface area contributed by atoms with Gasteiger partial charge in [0.1, 0.15) is 0 Å². The van der Waals surface area contributed by atoms with E-state index < -0.39 is 0 Å². The van der Waals surface area contributed by atoms with Gasteiger partial charge < -0.3 is 15.0 Å². The minimum absolute atomic E-state index is 0.418. The van der Waals surface area contributed by atoms with Gasteiger partial charge in [-0.3, -0.25) is 4.90 Å². The van der Waals surface area contributed by atoms with Crippen LogP contribution in [0, 0.1) is 0 Å². The van der Waals surface area contributed by atoms with Gasteiger partial charge in [0.2, 0.25) is 5.95 Å². The lowest BCUT2D eigenvalue weighted by molar-refractivity contribution is 0.139. The molecule has 0 amide bonds. The van der Waals surface area contributed by atoms with Crippen LogP contribution in [0.5, 0.6) is 0 Å². The van der Waals surface area contributed by atoms with Crippen molar-refractivity contribution in [1.82, 2.24) is 24.6 Å². The zero-order chi connectivity index (χ0) is 21.7. The van der Waals surface area contributed by atoms with Crippen LogP contribution in [0.2, 0.25) is 10.2 Å². The van der Waals surface area contributed by atoms with Crippen molar-refractivity contribution in [1.29, 1.82) is 0 Å². The lowest BCUT2D eigenvalue weighted by Gasteiger charge is -2.39. The largest absolute Gasteiger partial charge is 0.380 e. The Labute approximate surface area is 196 Å². The highest BCUT2D eigenvalue weighted by molar-refractivity contribution is 6.34. The second-order valence-corrected chi connectivity index (χ2v) is 9.51. The molecule has 10 heteroatoms. The van der Waals surface area contributed by atoms with Crippen molar-refractivity contribution < 1.29 is 4.74 Å². The molecule has 1 aromatic carbocycles. The molecule has 0 radical (unpaired) electrons. The summed E-state index contributed by atoms with van der Waals surface area (Å²) >= 11 is 13.1. The maximum atomic E-state index is 6.65.